The molecule has 2 aromatic heterocycles. The second-order valence-electron chi connectivity index (χ2n) is 4.70. The fraction of sp³-hybridized carbons (Fsp3) is 0.500. The Morgan fingerprint density at radius 2 is 1.90 bits per heavy atom. The summed E-state index contributed by atoms with van der Waals surface area (Å²) in [5, 5.41) is 0.562. The van der Waals surface area contributed by atoms with E-state index in [9.17, 15) is 9.59 Å². The average molecular weight is 293 g/mol. The average Bonchev–Trinajstić information content (AvgIpc) is 2.44. The lowest BCUT2D eigenvalue weighted by atomic mass is 10.1. The van der Waals surface area contributed by atoms with Gasteiger partial charge in [0.1, 0.15) is 5.65 Å². The van der Waals surface area contributed by atoms with Gasteiger partial charge in [0.25, 0.3) is 5.56 Å². The van der Waals surface area contributed by atoms with E-state index in [1.54, 1.807) is 25.0 Å². The smallest absolute Gasteiger partial charge is 0.280 e. The molecule has 108 valence electrons. The molecule has 2 heterocycles. The number of nitrogens with zero attached hydrogens (tertiary/aromatic N) is 3. The van der Waals surface area contributed by atoms with Gasteiger partial charge in [-0.2, -0.15) is 0 Å². The number of thioether (sulfide) groups is 1. The first-order chi connectivity index (χ1) is 9.52. The Hall–Kier alpha value is -1.56. The van der Waals surface area contributed by atoms with E-state index in [0.717, 1.165) is 33.6 Å². The van der Waals surface area contributed by atoms with Gasteiger partial charge in [-0.15, -0.1) is 11.8 Å². The molecule has 0 spiro atoms. The van der Waals surface area contributed by atoms with Crippen LogP contribution in [0.4, 0.5) is 0 Å². The molecule has 0 saturated heterocycles. The number of rotatable bonds is 4. The Labute approximate surface area is 121 Å². The second kappa shape index (κ2) is 5.83. The minimum Gasteiger partial charge on any atom is -0.280 e. The maximum Gasteiger partial charge on any atom is 0.332 e. The van der Waals surface area contributed by atoms with Crippen molar-refractivity contribution in [2.45, 2.75) is 31.6 Å². The van der Waals surface area contributed by atoms with Crippen LogP contribution < -0.4 is 11.2 Å². The van der Waals surface area contributed by atoms with Crippen molar-refractivity contribution in [3.8, 4) is 0 Å². The normalized spacial score (nSPS) is 11.2. The monoisotopic (exact) mass is 293 g/mol. The molecule has 0 aromatic carbocycles. The van der Waals surface area contributed by atoms with Crippen LogP contribution in [0.1, 0.15) is 25.8 Å². The summed E-state index contributed by atoms with van der Waals surface area (Å²) in [6.45, 7) is 4.16. The molecular formula is C14H19N3O2S. The van der Waals surface area contributed by atoms with Crippen molar-refractivity contribution >= 4 is 22.8 Å². The molecule has 0 unspecified atom stereocenters. The molecule has 20 heavy (non-hydrogen) atoms. The van der Waals surface area contributed by atoms with E-state index in [4.69, 9.17) is 0 Å². The lowest BCUT2D eigenvalue weighted by molar-refractivity contribution is 0.704. The van der Waals surface area contributed by atoms with Crippen molar-refractivity contribution in [3.05, 3.63) is 32.6 Å². The fourth-order valence-electron chi connectivity index (χ4n) is 2.30. The minimum atomic E-state index is -0.342. The molecule has 0 radical (unpaired) electrons. The summed E-state index contributed by atoms with van der Waals surface area (Å²) in [6.07, 6.45) is 3.68. The quantitative estimate of drug-likeness (QED) is 0.805. The zero-order valence-corrected chi connectivity index (χ0v) is 13.1. The van der Waals surface area contributed by atoms with E-state index in [-0.39, 0.29) is 11.2 Å². The molecule has 0 aliphatic heterocycles. The van der Waals surface area contributed by atoms with Crippen molar-refractivity contribution in [2.24, 2.45) is 14.1 Å². The lowest BCUT2D eigenvalue weighted by Gasteiger charge is -2.13. The zero-order valence-electron chi connectivity index (χ0n) is 12.3. The molecular weight excluding hydrogens is 274 g/mol. The Bertz CT molecular complexity index is 762. The topological polar surface area (TPSA) is 56.9 Å². The largest absolute Gasteiger partial charge is 0.332 e. The predicted octanol–water partition coefficient (Wildman–Crippen LogP) is 1.70. The van der Waals surface area contributed by atoms with Crippen LogP contribution in [-0.2, 0) is 20.5 Å². The third-order valence-electron chi connectivity index (χ3n) is 3.30. The standard InChI is InChI=1S/C14H19N3O2S/c1-5-7-9-8-15-12-10(11(9)20-6-2)13(18)17(4)14(19)16(12)3/h8H,5-7H2,1-4H3. The summed E-state index contributed by atoms with van der Waals surface area (Å²) in [5.41, 5.74) is 0.951. The van der Waals surface area contributed by atoms with E-state index < -0.39 is 0 Å². The van der Waals surface area contributed by atoms with Crippen molar-refractivity contribution in [2.75, 3.05) is 5.75 Å². The van der Waals surface area contributed by atoms with Gasteiger partial charge in [0.05, 0.1) is 5.39 Å². The van der Waals surface area contributed by atoms with Crippen LogP contribution in [0.3, 0.4) is 0 Å². The SMILES string of the molecule is CCCc1cnc2c(c1SCC)c(=O)n(C)c(=O)n2C. The Morgan fingerprint density at radius 1 is 1.20 bits per heavy atom. The molecule has 2 rings (SSSR count). The van der Waals surface area contributed by atoms with Gasteiger partial charge in [-0.25, -0.2) is 9.78 Å². The number of pyridine rings is 1. The minimum absolute atomic E-state index is 0.260. The van der Waals surface area contributed by atoms with Crippen LogP contribution in [0.15, 0.2) is 20.7 Å². The Morgan fingerprint density at radius 3 is 2.50 bits per heavy atom. The fourth-order valence-corrected chi connectivity index (χ4v) is 3.25. The number of hydrogen-bond donors (Lipinski definition) is 0. The number of aromatic nitrogens is 3. The third kappa shape index (κ3) is 2.28. The van der Waals surface area contributed by atoms with Crippen molar-refractivity contribution in [1.29, 1.82) is 0 Å². The van der Waals surface area contributed by atoms with E-state index in [2.05, 4.69) is 18.8 Å². The number of fused-ring (bicyclic) bond motifs is 1. The Balaban J connectivity index is 2.96. The van der Waals surface area contributed by atoms with Crippen LogP contribution in [0.5, 0.6) is 0 Å². The molecule has 0 aliphatic carbocycles. The highest BCUT2D eigenvalue weighted by atomic mass is 32.2. The van der Waals surface area contributed by atoms with Gasteiger partial charge in [-0.05, 0) is 17.7 Å². The molecule has 0 saturated carbocycles. The van der Waals surface area contributed by atoms with Crippen molar-refractivity contribution in [1.82, 2.24) is 14.1 Å². The Kier molecular flexibility index (Phi) is 4.32. The van der Waals surface area contributed by atoms with E-state index >= 15 is 0 Å². The van der Waals surface area contributed by atoms with E-state index in [1.807, 2.05) is 0 Å². The first kappa shape index (κ1) is 14.8. The van der Waals surface area contributed by atoms with Gasteiger partial charge in [0.15, 0.2) is 0 Å². The van der Waals surface area contributed by atoms with E-state index in [0.29, 0.717) is 11.0 Å². The highest BCUT2D eigenvalue weighted by molar-refractivity contribution is 7.99. The molecule has 2 aromatic rings. The van der Waals surface area contributed by atoms with E-state index in [1.165, 1.54) is 11.6 Å². The summed E-state index contributed by atoms with van der Waals surface area (Å²) in [6, 6.07) is 0. The first-order valence-corrected chi connectivity index (χ1v) is 7.71. The summed E-state index contributed by atoms with van der Waals surface area (Å²) in [5.74, 6) is 0.877. The summed E-state index contributed by atoms with van der Waals surface area (Å²) >= 11 is 1.64. The number of hydrogen-bond acceptors (Lipinski definition) is 4. The summed E-state index contributed by atoms with van der Waals surface area (Å²) in [4.78, 5) is 29.7. The van der Waals surface area contributed by atoms with Gasteiger partial charge < -0.3 is 0 Å². The number of aryl methyl sites for hydroxylation is 2. The maximum absolute atomic E-state index is 12.4. The lowest BCUT2D eigenvalue weighted by Crippen LogP contribution is -2.37. The van der Waals surface area contributed by atoms with Gasteiger partial charge in [-0.1, -0.05) is 20.3 Å². The van der Waals surface area contributed by atoms with Gasteiger partial charge in [-0.3, -0.25) is 13.9 Å². The van der Waals surface area contributed by atoms with Crippen LogP contribution in [0.25, 0.3) is 11.0 Å². The summed E-state index contributed by atoms with van der Waals surface area (Å²) in [7, 11) is 3.16. The predicted molar refractivity (Wildman–Crippen MR) is 82.6 cm³/mol. The van der Waals surface area contributed by atoms with Crippen LogP contribution in [-0.4, -0.2) is 19.9 Å². The highest BCUT2D eigenvalue weighted by Crippen LogP contribution is 2.28. The van der Waals surface area contributed by atoms with Gasteiger partial charge >= 0.3 is 5.69 Å². The van der Waals surface area contributed by atoms with Crippen molar-refractivity contribution in [3.63, 3.8) is 0 Å². The second-order valence-corrected chi connectivity index (χ2v) is 5.97. The van der Waals surface area contributed by atoms with Crippen molar-refractivity contribution < 1.29 is 0 Å². The molecule has 0 aliphatic rings. The molecule has 0 bridgehead atoms. The van der Waals surface area contributed by atoms with Gasteiger partial charge in [0.2, 0.25) is 0 Å². The first-order valence-electron chi connectivity index (χ1n) is 6.73. The molecule has 0 N–H and O–H groups in total. The molecule has 0 atom stereocenters. The molecule has 0 fully saturated rings. The highest BCUT2D eigenvalue weighted by Gasteiger charge is 2.16. The maximum atomic E-state index is 12.4. The molecule has 0 amide bonds. The summed E-state index contributed by atoms with van der Waals surface area (Å²) < 4.78 is 2.59. The zero-order chi connectivity index (χ0) is 14.9. The van der Waals surface area contributed by atoms with Crippen LogP contribution in [0.2, 0.25) is 0 Å². The van der Waals surface area contributed by atoms with Gasteiger partial charge in [0, 0.05) is 25.2 Å². The molecule has 6 heteroatoms. The third-order valence-corrected chi connectivity index (χ3v) is 4.35. The molecule has 5 nitrogen and oxygen atoms in total. The van der Waals surface area contributed by atoms with Crippen LogP contribution >= 0.6 is 11.8 Å². The van der Waals surface area contributed by atoms with Crippen LogP contribution in [0, 0.1) is 0 Å².